The molecule has 0 radical (unpaired) electrons. The van der Waals surface area contributed by atoms with Gasteiger partial charge in [0.25, 0.3) is 5.91 Å². The van der Waals surface area contributed by atoms with Crippen LogP contribution < -0.4 is 21.3 Å². The molecule has 0 aliphatic carbocycles. The lowest BCUT2D eigenvalue weighted by atomic mass is 9.99. The number of nitrogens with one attached hydrogen (secondary N) is 4. The topological polar surface area (TPSA) is 163 Å². The fourth-order valence-corrected chi connectivity index (χ4v) is 4.71. The Labute approximate surface area is 230 Å². The fourth-order valence-electron chi connectivity index (χ4n) is 4.71. The van der Waals surface area contributed by atoms with Crippen LogP contribution in [0.5, 0.6) is 0 Å². The van der Waals surface area contributed by atoms with Crippen molar-refractivity contribution in [1.82, 2.24) is 26.2 Å². The molecule has 5 atom stereocenters. The zero-order valence-corrected chi connectivity index (χ0v) is 24.2. The van der Waals surface area contributed by atoms with Gasteiger partial charge in [0.05, 0.1) is 6.42 Å². The molecule has 0 aromatic rings. The summed E-state index contributed by atoms with van der Waals surface area (Å²) in [5, 5.41) is 10.7. The van der Waals surface area contributed by atoms with Crippen LogP contribution in [-0.2, 0) is 33.5 Å². The van der Waals surface area contributed by atoms with Gasteiger partial charge in [0.15, 0.2) is 6.10 Å². The van der Waals surface area contributed by atoms with Crippen molar-refractivity contribution in [3.05, 3.63) is 0 Å². The number of carbonyl (C=O) groups excluding carboxylic acids is 6. The van der Waals surface area contributed by atoms with Crippen LogP contribution in [0.3, 0.4) is 0 Å². The molecule has 4 N–H and O–H groups in total. The van der Waals surface area contributed by atoms with Crippen LogP contribution in [0.25, 0.3) is 0 Å². The van der Waals surface area contributed by atoms with E-state index in [4.69, 9.17) is 4.74 Å². The lowest BCUT2D eigenvalue weighted by molar-refractivity contribution is -0.162. The molecule has 0 bridgehead atoms. The van der Waals surface area contributed by atoms with E-state index in [1.54, 1.807) is 27.7 Å². The molecule has 220 valence electrons. The molecular weight excluding hydrogens is 506 g/mol. The first-order valence-electron chi connectivity index (χ1n) is 13.9. The van der Waals surface area contributed by atoms with E-state index in [0.717, 1.165) is 0 Å². The number of fused-ring (bicyclic) bond motifs is 1. The summed E-state index contributed by atoms with van der Waals surface area (Å²) in [4.78, 5) is 79.7. The standard InChI is InChI=1S/C27H45N5O7/c1-14(2)13-19-27(38)32-12-8-9-18(32)24(35)30-22(16(5)6)26(37)31-21(15(3)4)25(36)29-17(7)23(34)28-11-10-20(33)39-19/h14-19,21-22H,8-13H2,1-7H3,(H,28,34)(H,29,36)(H,30,35)(H,31,37)/t17-,18-,19+,21-,22-/m0/s1. The molecule has 5 amide bonds. The largest absolute Gasteiger partial charge is 0.452 e. The third-order valence-corrected chi connectivity index (χ3v) is 6.95. The molecule has 2 saturated heterocycles. The Morgan fingerprint density at radius 2 is 1.38 bits per heavy atom. The molecule has 39 heavy (non-hydrogen) atoms. The zero-order valence-electron chi connectivity index (χ0n) is 24.2. The summed E-state index contributed by atoms with van der Waals surface area (Å²) < 4.78 is 5.53. The predicted molar refractivity (Wildman–Crippen MR) is 143 cm³/mol. The molecule has 2 aliphatic heterocycles. The maximum atomic E-state index is 13.5. The molecule has 0 aromatic carbocycles. The number of rotatable bonds is 4. The summed E-state index contributed by atoms with van der Waals surface area (Å²) in [6, 6.07) is -3.66. The Morgan fingerprint density at radius 1 is 0.821 bits per heavy atom. The van der Waals surface area contributed by atoms with Crippen LogP contribution in [0.4, 0.5) is 0 Å². The van der Waals surface area contributed by atoms with Gasteiger partial charge in [-0.3, -0.25) is 28.8 Å². The Bertz CT molecular complexity index is 935. The third kappa shape index (κ3) is 8.93. The summed E-state index contributed by atoms with van der Waals surface area (Å²) in [5.74, 6) is -3.76. The van der Waals surface area contributed by atoms with E-state index >= 15 is 0 Å². The van der Waals surface area contributed by atoms with Crippen molar-refractivity contribution in [1.29, 1.82) is 0 Å². The van der Waals surface area contributed by atoms with Crippen LogP contribution in [0.15, 0.2) is 0 Å². The Morgan fingerprint density at radius 3 is 1.95 bits per heavy atom. The van der Waals surface area contributed by atoms with Crippen LogP contribution in [-0.4, -0.2) is 83.8 Å². The first-order chi connectivity index (χ1) is 18.2. The summed E-state index contributed by atoms with van der Waals surface area (Å²) >= 11 is 0. The second kappa shape index (κ2) is 14.3. The third-order valence-electron chi connectivity index (χ3n) is 6.95. The minimum Gasteiger partial charge on any atom is -0.452 e. The van der Waals surface area contributed by atoms with Crippen molar-refractivity contribution in [3.63, 3.8) is 0 Å². The quantitative estimate of drug-likeness (QED) is 0.364. The van der Waals surface area contributed by atoms with E-state index in [-0.39, 0.29) is 37.1 Å². The smallest absolute Gasteiger partial charge is 0.308 e. The van der Waals surface area contributed by atoms with Gasteiger partial charge in [0.1, 0.15) is 24.2 Å². The van der Waals surface area contributed by atoms with Crippen LogP contribution >= 0.6 is 0 Å². The SMILES string of the molecule is CC(C)C[C@H]1OC(=O)CCNC(=O)[C@H](C)NC(=O)[C@H](C(C)C)NC(=O)[C@H](C(C)C)NC(=O)[C@@H]2CCCN2C1=O. The van der Waals surface area contributed by atoms with Crippen LogP contribution in [0.1, 0.15) is 74.1 Å². The van der Waals surface area contributed by atoms with E-state index in [2.05, 4.69) is 21.3 Å². The molecule has 12 heteroatoms. The van der Waals surface area contributed by atoms with E-state index < -0.39 is 65.8 Å². The normalized spacial score (nSPS) is 28.7. The molecule has 12 nitrogen and oxygen atoms in total. The number of amides is 5. The Balaban J connectivity index is 2.40. The zero-order chi connectivity index (χ0) is 29.4. The first-order valence-corrected chi connectivity index (χ1v) is 13.9. The molecule has 0 unspecified atom stereocenters. The number of ether oxygens (including phenoxy) is 1. The predicted octanol–water partition coefficient (Wildman–Crippen LogP) is 0.242. The summed E-state index contributed by atoms with van der Waals surface area (Å²) in [7, 11) is 0. The second-order valence-corrected chi connectivity index (χ2v) is 11.5. The van der Waals surface area contributed by atoms with Crippen molar-refractivity contribution in [3.8, 4) is 0 Å². The number of esters is 1. The minimum atomic E-state index is -1.07. The number of nitrogens with zero attached hydrogens (tertiary/aromatic N) is 1. The van der Waals surface area contributed by atoms with Gasteiger partial charge in [-0.05, 0) is 43.9 Å². The van der Waals surface area contributed by atoms with Gasteiger partial charge in [-0.1, -0.05) is 41.5 Å². The highest BCUT2D eigenvalue weighted by Crippen LogP contribution is 2.22. The summed E-state index contributed by atoms with van der Waals surface area (Å²) in [6.45, 7) is 12.6. The minimum absolute atomic E-state index is 0.0373. The maximum absolute atomic E-state index is 13.5. The van der Waals surface area contributed by atoms with E-state index in [9.17, 15) is 28.8 Å². The fraction of sp³-hybridized carbons (Fsp3) is 0.778. The molecule has 0 saturated carbocycles. The maximum Gasteiger partial charge on any atom is 0.308 e. The lowest BCUT2D eigenvalue weighted by Crippen LogP contribution is -2.60. The lowest BCUT2D eigenvalue weighted by Gasteiger charge is -2.31. The Hall–Kier alpha value is -3.18. The van der Waals surface area contributed by atoms with E-state index in [0.29, 0.717) is 19.4 Å². The van der Waals surface area contributed by atoms with E-state index in [1.165, 1.54) is 11.8 Å². The number of cyclic esters (lactones) is 1. The molecule has 2 heterocycles. The van der Waals surface area contributed by atoms with Gasteiger partial charge in [-0.15, -0.1) is 0 Å². The molecule has 2 fully saturated rings. The second-order valence-electron chi connectivity index (χ2n) is 11.5. The van der Waals surface area contributed by atoms with Crippen LogP contribution in [0.2, 0.25) is 0 Å². The highest BCUT2D eigenvalue weighted by atomic mass is 16.5. The van der Waals surface area contributed by atoms with Crippen molar-refractivity contribution in [2.75, 3.05) is 13.1 Å². The first kappa shape index (κ1) is 32.0. The monoisotopic (exact) mass is 551 g/mol. The average molecular weight is 552 g/mol. The van der Waals surface area contributed by atoms with Crippen molar-refractivity contribution in [2.24, 2.45) is 17.8 Å². The number of carbonyl (C=O) groups is 6. The van der Waals surface area contributed by atoms with E-state index in [1.807, 2.05) is 13.8 Å². The number of hydrogen-bond acceptors (Lipinski definition) is 7. The van der Waals surface area contributed by atoms with Crippen molar-refractivity contribution < 1.29 is 33.5 Å². The number of hydrogen-bond donors (Lipinski definition) is 4. The average Bonchev–Trinajstić information content (AvgIpc) is 3.33. The summed E-state index contributed by atoms with van der Waals surface area (Å²) in [5.41, 5.74) is 0. The summed E-state index contributed by atoms with van der Waals surface area (Å²) in [6.07, 6.45) is 0.0350. The van der Waals surface area contributed by atoms with Crippen molar-refractivity contribution >= 4 is 35.5 Å². The van der Waals surface area contributed by atoms with Gasteiger partial charge in [0.2, 0.25) is 23.6 Å². The van der Waals surface area contributed by atoms with Gasteiger partial charge < -0.3 is 30.9 Å². The van der Waals surface area contributed by atoms with Crippen LogP contribution in [0, 0.1) is 17.8 Å². The van der Waals surface area contributed by atoms with Gasteiger partial charge in [-0.25, -0.2) is 0 Å². The molecule has 2 rings (SSSR count). The van der Waals surface area contributed by atoms with Crippen molar-refractivity contribution in [2.45, 2.75) is 104 Å². The molecule has 0 spiro atoms. The van der Waals surface area contributed by atoms with Gasteiger partial charge in [-0.2, -0.15) is 0 Å². The molecular formula is C27H45N5O7. The van der Waals surface area contributed by atoms with Gasteiger partial charge >= 0.3 is 5.97 Å². The highest BCUT2D eigenvalue weighted by Gasteiger charge is 2.40. The molecule has 2 aliphatic rings. The van der Waals surface area contributed by atoms with Gasteiger partial charge in [0, 0.05) is 13.1 Å². The highest BCUT2D eigenvalue weighted by molar-refractivity contribution is 5.96. The Kier molecular flexibility index (Phi) is 11.7. The molecule has 0 aromatic heterocycles.